The number of ether oxygens (including phenoxy) is 1. The van der Waals surface area contributed by atoms with E-state index in [2.05, 4.69) is 85.4 Å². The lowest BCUT2D eigenvalue weighted by atomic mass is 9.80. The summed E-state index contributed by atoms with van der Waals surface area (Å²) < 4.78 is 35.9. The van der Waals surface area contributed by atoms with Crippen molar-refractivity contribution in [2.45, 2.75) is 80.7 Å². The van der Waals surface area contributed by atoms with Crippen LogP contribution in [0.2, 0.25) is 0 Å². The molecule has 14 nitrogen and oxygen atoms in total. The van der Waals surface area contributed by atoms with Gasteiger partial charge in [-0.1, -0.05) is 42.5 Å². The topological polar surface area (TPSA) is 183 Å². The Morgan fingerprint density at radius 1 is 0.923 bits per heavy atom. The molecule has 4 aromatic carbocycles. The van der Waals surface area contributed by atoms with E-state index >= 15 is 0 Å². The Morgan fingerprint density at radius 2 is 1.66 bits per heavy atom. The fourth-order valence-corrected chi connectivity index (χ4v) is 10.8. The van der Waals surface area contributed by atoms with E-state index in [-0.39, 0.29) is 29.0 Å². The zero-order valence-corrected chi connectivity index (χ0v) is 37.5. The van der Waals surface area contributed by atoms with Crippen molar-refractivity contribution in [2.75, 3.05) is 43.4 Å². The van der Waals surface area contributed by atoms with Crippen molar-refractivity contribution in [3.63, 3.8) is 0 Å². The van der Waals surface area contributed by atoms with Crippen LogP contribution in [0.25, 0.3) is 22.2 Å². The van der Waals surface area contributed by atoms with Crippen LogP contribution in [0.5, 0.6) is 11.5 Å². The minimum Gasteiger partial charge on any atom is -0.455 e. The highest BCUT2D eigenvalue weighted by molar-refractivity contribution is 7.90. The summed E-state index contributed by atoms with van der Waals surface area (Å²) >= 11 is 0. The molecule has 1 aliphatic carbocycles. The first-order chi connectivity index (χ1) is 31.3. The first-order valence-electron chi connectivity index (χ1n) is 22.5. The number of H-pyrrole nitrogens is 1. The number of likely N-dealkylation sites (tertiary alicyclic amines) is 1. The van der Waals surface area contributed by atoms with Crippen molar-refractivity contribution in [1.29, 1.82) is 0 Å². The average molecular weight is 898 g/mol. The Labute approximate surface area is 379 Å². The Morgan fingerprint density at radius 3 is 2.42 bits per heavy atom. The van der Waals surface area contributed by atoms with Crippen molar-refractivity contribution < 1.29 is 28.0 Å². The molecular formula is C50H55N7O7S. The molecule has 6 aromatic rings. The van der Waals surface area contributed by atoms with Gasteiger partial charge in [0.1, 0.15) is 22.8 Å². The van der Waals surface area contributed by atoms with E-state index in [1.165, 1.54) is 48.4 Å². The molecule has 1 amide bonds. The maximum Gasteiger partial charge on any atom is 0.293 e. The van der Waals surface area contributed by atoms with Gasteiger partial charge < -0.3 is 29.9 Å². The third kappa shape index (κ3) is 9.73. The lowest BCUT2D eigenvalue weighted by Gasteiger charge is -2.34. The van der Waals surface area contributed by atoms with Crippen LogP contribution in [-0.2, 0) is 10.0 Å². The smallest absolute Gasteiger partial charge is 0.293 e. The highest BCUT2D eigenvalue weighted by atomic mass is 32.2. The van der Waals surface area contributed by atoms with Gasteiger partial charge in [-0.3, -0.25) is 14.9 Å². The fraction of sp³-hybridized carbons (Fsp3) is 0.360. The first kappa shape index (κ1) is 43.9. The lowest BCUT2D eigenvalue weighted by molar-refractivity contribution is -0.384. The zero-order valence-electron chi connectivity index (χ0n) is 36.7. The van der Waals surface area contributed by atoms with E-state index in [1.54, 1.807) is 24.4 Å². The first-order valence-corrected chi connectivity index (χ1v) is 24.0. The molecule has 0 unspecified atom stereocenters. The molecule has 4 N–H and O–H groups in total. The standard InChI is InChI=1S/C50H55N7O7S/c1-50(59)22-17-33(18-23-50)31-52-44-16-14-40(30-46(44)57(60)61)65(62,63)54-49(58)43-15-11-36(29-47(43)64-39-28-37-19-24-51-48(37)53-32-39)34-9-12-38(13-10-34)56-25-5-8-45(56)42-7-4-3-6-41(42)35-20-26-55(2)27-21-35/h3-4,6-7,9-16,19,24,28-30,32-33,35,45,52,59H,5,8,17-18,20-23,25-27,31H2,1-2H3,(H,51,53)(H,54,58)/t33?,45-,50?/m1/s1. The average Bonchev–Trinajstić information content (AvgIpc) is 3.99. The fourth-order valence-electron chi connectivity index (χ4n) is 9.80. The van der Waals surface area contributed by atoms with E-state index in [0.717, 1.165) is 73.6 Å². The number of hydrogen-bond acceptors (Lipinski definition) is 11. The van der Waals surface area contributed by atoms with Crippen LogP contribution in [0.1, 0.15) is 91.7 Å². The SMILES string of the molecule is CN1CCC(c2ccccc2[C@H]2CCCN2c2ccc(-c3ccc(C(=O)NS(=O)(=O)c4ccc(NCC5CCC(C)(O)CC5)c([N+](=O)[O-])c4)c(Oc4cnc5[nH]ccc5c4)c3)cc2)CC1. The van der Waals surface area contributed by atoms with Gasteiger partial charge >= 0.3 is 0 Å². The molecule has 3 aliphatic rings. The molecule has 9 rings (SSSR count). The molecule has 2 saturated heterocycles. The zero-order chi connectivity index (χ0) is 45.3. The quantitative estimate of drug-likeness (QED) is 0.0640. The molecular weight excluding hydrogens is 843 g/mol. The maximum atomic E-state index is 14.0. The number of carbonyl (C=O) groups is 1. The number of aromatic nitrogens is 2. The van der Waals surface area contributed by atoms with Crippen LogP contribution in [0.15, 0.2) is 114 Å². The predicted octanol–water partition coefficient (Wildman–Crippen LogP) is 9.55. The summed E-state index contributed by atoms with van der Waals surface area (Å²) in [5.74, 6) is 0.208. The second-order valence-electron chi connectivity index (χ2n) is 18.2. The van der Waals surface area contributed by atoms with Crippen molar-refractivity contribution in [3.05, 3.63) is 136 Å². The molecule has 15 heteroatoms. The number of fused-ring (bicyclic) bond motifs is 1. The number of nitrogens with zero attached hydrogens (tertiary/aromatic N) is 4. The summed E-state index contributed by atoms with van der Waals surface area (Å²) in [5.41, 5.74) is 5.23. The number of piperidine rings is 1. The lowest BCUT2D eigenvalue weighted by Crippen LogP contribution is -2.32. The molecule has 2 aliphatic heterocycles. The molecule has 1 atom stereocenters. The minimum atomic E-state index is -4.59. The molecule has 0 radical (unpaired) electrons. The van der Waals surface area contributed by atoms with Gasteiger partial charge in [-0.25, -0.2) is 18.1 Å². The number of aliphatic hydroxyl groups is 1. The number of aromatic amines is 1. The number of carbonyl (C=O) groups excluding carboxylic acids is 1. The molecule has 1 saturated carbocycles. The van der Waals surface area contributed by atoms with Gasteiger partial charge in [0.25, 0.3) is 21.6 Å². The number of nitrogens with one attached hydrogen (secondary N) is 3. The van der Waals surface area contributed by atoms with Crippen molar-refractivity contribution >= 4 is 44.0 Å². The summed E-state index contributed by atoms with van der Waals surface area (Å²) in [6.07, 6.45) is 10.6. The number of pyridine rings is 1. The van der Waals surface area contributed by atoms with E-state index in [4.69, 9.17) is 4.74 Å². The molecule has 338 valence electrons. The Hall–Kier alpha value is -6.29. The van der Waals surface area contributed by atoms with Crippen molar-refractivity contribution in [3.8, 4) is 22.6 Å². The van der Waals surface area contributed by atoms with Gasteiger partial charge in [0.05, 0.1) is 33.2 Å². The third-order valence-electron chi connectivity index (χ3n) is 13.6. The predicted molar refractivity (Wildman–Crippen MR) is 252 cm³/mol. The van der Waals surface area contributed by atoms with Gasteiger partial charge in [0.2, 0.25) is 0 Å². The summed E-state index contributed by atoms with van der Waals surface area (Å²) in [5, 5.41) is 26.4. The summed E-state index contributed by atoms with van der Waals surface area (Å²) in [6, 6.07) is 29.7. The van der Waals surface area contributed by atoms with Crippen LogP contribution in [0.3, 0.4) is 0 Å². The molecule has 0 spiro atoms. The second kappa shape index (κ2) is 18.3. The van der Waals surface area contributed by atoms with Crippen LogP contribution < -0.4 is 19.7 Å². The minimum absolute atomic E-state index is 0.0643. The van der Waals surface area contributed by atoms with E-state index < -0.39 is 37.0 Å². The van der Waals surface area contributed by atoms with Gasteiger partial charge in [-0.05, 0) is 161 Å². The van der Waals surface area contributed by atoms with Crippen LogP contribution in [0, 0.1) is 16.0 Å². The van der Waals surface area contributed by atoms with E-state index in [1.807, 2.05) is 13.0 Å². The highest BCUT2D eigenvalue weighted by Crippen LogP contribution is 2.42. The second-order valence-corrected chi connectivity index (χ2v) is 19.9. The third-order valence-corrected chi connectivity index (χ3v) is 14.9. The van der Waals surface area contributed by atoms with Crippen LogP contribution >= 0.6 is 0 Å². The van der Waals surface area contributed by atoms with Gasteiger partial charge in [-0.2, -0.15) is 0 Å². The molecule has 65 heavy (non-hydrogen) atoms. The number of rotatable bonds is 13. The van der Waals surface area contributed by atoms with Gasteiger partial charge in [0.15, 0.2) is 0 Å². The maximum absolute atomic E-state index is 14.0. The number of anilines is 2. The Kier molecular flexibility index (Phi) is 12.4. The molecule has 2 aromatic heterocycles. The number of nitro groups is 1. The van der Waals surface area contributed by atoms with Crippen molar-refractivity contribution in [2.24, 2.45) is 5.92 Å². The van der Waals surface area contributed by atoms with Gasteiger partial charge in [0, 0.05) is 36.4 Å². The Bertz CT molecular complexity index is 2810. The van der Waals surface area contributed by atoms with Crippen molar-refractivity contribution in [1.82, 2.24) is 19.6 Å². The summed E-state index contributed by atoms with van der Waals surface area (Å²) in [6.45, 7) is 5.42. The van der Waals surface area contributed by atoms with E-state index in [9.17, 15) is 28.4 Å². The molecule has 3 fully saturated rings. The Balaban J connectivity index is 0.959. The highest BCUT2D eigenvalue weighted by Gasteiger charge is 2.32. The largest absolute Gasteiger partial charge is 0.455 e. The number of sulfonamides is 1. The number of nitro benzene ring substituents is 1. The number of amides is 1. The number of hydrogen-bond donors (Lipinski definition) is 4. The number of benzene rings is 4. The molecule has 4 heterocycles. The van der Waals surface area contributed by atoms with Crippen LogP contribution in [-0.4, -0.2) is 78.1 Å². The summed E-state index contributed by atoms with van der Waals surface area (Å²) in [7, 11) is -2.39. The van der Waals surface area contributed by atoms with Crippen LogP contribution in [0.4, 0.5) is 17.1 Å². The monoisotopic (exact) mass is 897 g/mol. The summed E-state index contributed by atoms with van der Waals surface area (Å²) in [4.78, 5) is 37.5. The normalized spacial score (nSPS) is 20.8. The van der Waals surface area contributed by atoms with E-state index in [0.29, 0.717) is 36.7 Å². The molecule has 0 bridgehead atoms. The van der Waals surface area contributed by atoms with Gasteiger partial charge in [-0.15, -0.1) is 0 Å².